The second-order valence-electron chi connectivity index (χ2n) is 6.63. The second kappa shape index (κ2) is 8.49. The van der Waals surface area contributed by atoms with Crippen LogP contribution in [0.5, 0.6) is 0 Å². The molecule has 8 nitrogen and oxygen atoms in total. The molecule has 0 fully saturated rings. The second-order valence-corrected chi connectivity index (χ2v) is 7.89. The van der Waals surface area contributed by atoms with E-state index in [1.165, 1.54) is 11.3 Å². The number of halogens is 1. The minimum Gasteiger partial charge on any atom is -0.346 e. The number of aromatic amines is 1. The van der Waals surface area contributed by atoms with Crippen LogP contribution in [0.2, 0.25) is 5.02 Å². The molecule has 0 bridgehead atoms. The van der Waals surface area contributed by atoms with E-state index in [1.54, 1.807) is 34.6 Å². The summed E-state index contributed by atoms with van der Waals surface area (Å²) < 4.78 is 1.75. The Balaban J connectivity index is 1.39. The van der Waals surface area contributed by atoms with E-state index in [-0.39, 0.29) is 11.9 Å². The lowest BCUT2D eigenvalue weighted by molar-refractivity contribution is 0.0931. The van der Waals surface area contributed by atoms with Gasteiger partial charge in [0.25, 0.3) is 5.91 Å². The van der Waals surface area contributed by atoms with Crippen LogP contribution in [-0.4, -0.2) is 36.9 Å². The molecule has 1 atom stereocenters. The van der Waals surface area contributed by atoms with Gasteiger partial charge in [-0.1, -0.05) is 17.7 Å². The first kappa shape index (κ1) is 19.8. The summed E-state index contributed by atoms with van der Waals surface area (Å²) in [4.78, 5) is 16.9. The molecule has 4 aromatic rings. The normalized spacial score (nSPS) is 11.8. The van der Waals surface area contributed by atoms with Crippen molar-refractivity contribution in [2.24, 2.45) is 0 Å². The van der Waals surface area contributed by atoms with Gasteiger partial charge in [0.05, 0.1) is 29.0 Å². The molecule has 0 aliphatic carbocycles. The van der Waals surface area contributed by atoms with Gasteiger partial charge in [-0.05, 0) is 25.1 Å². The molecule has 1 aromatic carbocycles. The van der Waals surface area contributed by atoms with Crippen LogP contribution in [0, 0.1) is 11.3 Å². The number of thiazole rings is 1. The Labute approximate surface area is 181 Å². The lowest BCUT2D eigenvalue weighted by Crippen LogP contribution is -2.36. The Bertz CT molecular complexity index is 1220. The summed E-state index contributed by atoms with van der Waals surface area (Å²) in [5, 5.41) is 25.9. The standard InChI is InChI=1S/C20H16ClN7OS/c1-12(25-19(29)18-11-30-20(26-18)15-8-23-24-9-15)10-28-5-4-17(27-28)13-2-3-14(7-22)16(21)6-13/h2-6,8-9,11-12H,10H2,1H3,(H,23,24)(H,25,29)/t12-/m0/s1. The minimum absolute atomic E-state index is 0.158. The van der Waals surface area contributed by atoms with Crippen molar-refractivity contribution in [2.45, 2.75) is 19.5 Å². The number of nitrogens with zero attached hydrogens (tertiary/aromatic N) is 5. The summed E-state index contributed by atoms with van der Waals surface area (Å²) in [6, 6.07) is 8.95. The fourth-order valence-corrected chi connectivity index (χ4v) is 3.89. The lowest BCUT2D eigenvalue weighted by Gasteiger charge is -2.13. The fraction of sp³-hybridized carbons (Fsp3) is 0.150. The van der Waals surface area contributed by atoms with Gasteiger partial charge in [-0.2, -0.15) is 15.5 Å². The van der Waals surface area contributed by atoms with Crippen LogP contribution in [0.1, 0.15) is 23.0 Å². The number of nitriles is 1. The molecule has 0 unspecified atom stereocenters. The van der Waals surface area contributed by atoms with Crippen LogP contribution < -0.4 is 5.32 Å². The van der Waals surface area contributed by atoms with Crippen molar-refractivity contribution in [1.82, 2.24) is 30.3 Å². The van der Waals surface area contributed by atoms with Crippen molar-refractivity contribution < 1.29 is 4.79 Å². The topological polar surface area (TPSA) is 112 Å². The summed E-state index contributed by atoms with van der Waals surface area (Å²) in [5.74, 6) is -0.236. The molecule has 0 saturated heterocycles. The zero-order valence-electron chi connectivity index (χ0n) is 15.8. The van der Waals surface area contributed by atoms with Gasteiger partial charge in [0.1, 0.15) is 16.8 Å². The number of hydrogen-bond donors (Lipinski definition) is 2. The maximum atomic E-state index is 12.5. The highest BCUT2D eigenvalue weighted by molar-refractivity contribution is 7.13. The third kappa shape index (κ3) is 4.25. The van der Waals surface area contributed by atoms with E-state index in [1.807, 2.05) is 31.3 Å². The van der Waals surface area contributed by atoms with E-state index in [4.69, 9.17) is 16.9 Å². The van der Waals surface area contributed by atoms with Crippen molar-refractivity contribution in [2.75, 3.05) is 0 Å². The Morgan fingerprint density at radius 3 is 3.00 bits per heavy atom. The molecule has 30 heavy (non-hydrogen) atoms. The molecule has 0 radical (unpaired) electrons. The molecule has 2 N–H and O–H groups in total. The number of carbonyl (C=O) groups excluding carboxylic acids is 1. The highest BCUT2D eigenvalue weighted by atomic mass is 35.5. The van der Waals surface area contributed by atoms with Crippen LogP contribution in [-0.2, 0) is 6.54 Å². The number of rotatable bonds is 6. The molecular formula is C20H16ClN7OS. The Kier molecular flexibility index (Phi) is 5.61. The van der Waals surface area contributed by atoms with Gasteiger partial charge in [-0.15, -0.1) is 11.3 Å². The van der Waals surface area contributed by atoms with E-state index < -0.39 is 0 Å². The average Bonchev–Trinajstić information content (AvgIpc) is 3.48. The van der Waals surface area contributed by atoms with Crippen LogP contribution in [0.25, 0.3) is 21.8 Å². The number of H-pyrrole nitrogens is 1. The van der Waals surface area contributed by atoms with Crippen LogP contribution >= 0.6 is 22.9 Å². The molecule has 3 aromatic heterocycles. The van der Waals surface area contributed by atoms with Crippen LogP contribution in [0.15, 0.2) is 48.2 Å². The first-order valence-electron chi connectivity index (χ1n) is 9.02. The molecule has 1 amide bonds. The molecule has 0 aliphatic rings. The molecular weight excluding hydrogens is 422 g/mol. The highest BCUT2D eigenvalue weighted by Gasteiger charge is 2.15. The van der Waals surface area contributed by atoms with Gasteiger partial charge < -0.3 is 5.32 Å². The van der Waals surface area contributed by atoms with Crippen molar-refractivity contribution in [1.29, 1.82) is 5.26 Å². The van der Waals surface area contributed by atoms with Crippen molar-refractivity contribution in [3.8, 4) is 27.9 Å². The third-order valence-electron chi connectivity index (χ3n) is 4.35. The summed E-state index contributed by atoms with van der Waals surface area (Å²) in [6.07, 6.45) is 5.24. The molecule has 150 valence electrons. The maximum absolute atomic E-state index is 12.5. The van der Waals surface area contributed by atoms with E-state index in [2.05, 4.69) is 25.6 Å². The first-order valence-corrected chi connectivity index (χ1v) is 10.3. The number of nitrogens with one attached hydrogen (secondary N) is 2. The average molecular weight is 438 g/mol. The first-order chi connectivity index (χ1) is 14.5. The summed E-state index contributed by atoms with van der Waals surface area (Å²) in [6.45, 7) is 2.40. The number of aromatic nitrogens is 5. The van der Waals surface area contributed by atoms with Gasteiger partial charge in [0.2, 0.25) is 0 Å². The monoisotopic (exact) mass is 437 g/mol. The molecule has 0 saturated carbocycles. The Hall–Kier alpha value is -3.48. The zero-order valence-corrected chi connectivity index (χ0v) is 17.4. The molecule has 0 spiro atoms. The SMILES string of the molecule is C[C@@H](Cn1ccc(-c2ccc(C#N)c(Cl)c2)n1)NC(=O)c1csc(-c2cn[nH]c2)n1. The van der Waals surface area contributed by atoms with Crippen molar-refractivity contribution >= 4 is 28.8 Å². The minimum atomic E-state index is -0.236. The molecule has 4 rings (SSSR count). The third-order valence-corrected chi connectivity index (χ3v) is 5.55. The fourth-order valence-electron chi connectivity index (χ4n) is 2.88. The highest BCUT2D eigenvalue weighted by Crippen LogP contribution is 2.24. The molecule has 0 aliphatic heterocycles. The lowest BCUT2D eigenvalue weighted by atomic mass is 10.1. The Morgan fingerprint density at radius 1 is 1.40 bits per heavy atom. The number of carbonyl (C=O) groups is 1. The van der Waals surface area contributed by atoms with E-state index in [0.717, 1.165) is 21.8 Å². The number of benzene rings is 1. The molecule has 3 heterocycles. The van der Waals surface area contributed by atoms with Gasteiger partial charge in [0.15, 0.2) is 0 Å². The van der Waals surface area contributed by atoms with E-state index in [0.29, 0.717) is 22.8 Å². The van der Waals surface area contributed by atoms with Gasteiger partial charge in [-0.25, -0.2) is 4.98 Å². The van der Waals surface area contributed by atoms with Crippen molar-refractivity contribution in [3.63, 3.8) is 0 Å². The molecule has 10 heteroatoms. The van der Waals surface area contributed by atoms with Crippen LogP contribution in [0.3, 0.4) is 0 Å². The predicted molar refractivity (Wildman–Crippen MR) is 114 cm³/mol. The van der Waals surface area contributed by atoms with E-state index >= 15 is 0 Å². The largest absolute Gasteiger partial charge is 0.346 e. The Morgan fingerprint density at radius 2 is 2.27 bits per heavy atom. The number of hydrogen-bond acceptors (Lipinski definition) is 6. The summed E-state index contributed by atoms with van der Waals surface area (Å²) in [5.41, 5.74) is 3.21. The van der Waals surface area contributed by atoms with Crippen LogP contribution in [0.4, 0.5) is 0 Å². The summed E-state index contributed by atoms with van der Waals surface area (Å²) in [7, 11) is 0. The quantitative estimate of drug-likeness (QED) is 0.477. The van der Waals surface area contributed by atoms with Gasteiger partial charge in [0, 0.05) is 34.9 Å². The van der Waals surface area contributed by atoms with Gasteiger partial charge >= 0.3 is 0 Å². The smallest absolute Gasteiger partial charge is 0.271 e. The maximum Gasteiger partial charge on any atom is 0.271 e. The van der Waals surface area contributed by atoms with Gasteiger partial charge in [-0.3, -0.25) is 14.6 Å². The van der Waals surface area contributed by atoms with Crippen molar-refractivity contribution in [3.05, 3.63) is 64.5 Å². The summed E-state index contributed by atoms with van der Waals surface area (Å²) >= 11 is 7.50. The number of amides is 1. The van der Waals surface area contributed by atoms with E-state index in [9.17, 15) is 4.79 Å². The predicted octanol–water partition coefficient (Wildman–Crippen LogP) is 3.74. The zero-order chi connectivity index (χ0) is 21.1.